The number of hydrogen-bond donors (Lipinski definition) is 1. The second-order valence-corrected chi connectivity index (χ2v) is 4.77. The first kappa shape index (κ1) is 15.9. The van der Waals surface area contributed by atoms with E-state index in [4.69, 9.17) is 23.2 Å². The van der Waals surface area contributed by atoms with E-state index in [2.05, 4.69) is 9.72 Å². The first-order valence-corrected chi connectivity index (χ1v) is 6.37. The monoisotopic (exact) mass is 337 g/mol. The van der Waals surface area contributed by atoms with Gasteiger partial charge in [0, 0.05) is 17.3 Å². The average Bonchev–Trinajstić information content (AvgIpc) is 2.37. The second-order valence-electron chi connectivity index (χ2n) is 3.98. The normalized spacial score (nSPS) is 11.5. The summed E-state index contributed by atoms with van der Waals surface area (Å²) in [6, 6.07) is 5.21. The molecule has 1 heterocycles. The molecule has 0 saturated heterocycles. The van der Waals surface area contributed by atoms with Crippen molar-refractivity contribution in [3.63, 3.8) is 0 Å². The molecule has 3 nitrogen and oxygen atoms in total. The highest BCUT2D eigenvalue weighted by molar-refractivity contribution is 6.37. The summed E-state index contributed by atoms with van der Waals surface area (Å²) in [5.74, 6) is -0.390. The predicted octanol–water partition coefficient (Wildman–Crippen LogP) is 4.45. The Bertz CT molecular complexity index is 662. The van der Waals surface area contributed by atoms with E-state index in [1.807, 2.05) is 0 Å². The lowest BCUT2D eigenvalue weighted by molar-refractivity contribution is -0.274. The number of ether oxygens (including phenoxy) is 1. The van der Waals surface area contributed by atoms with E-state index in [9.17, 15) is 18.3 Å². The third-order valence-electron chi connectivity index (χ3n) is 2.57. The molecular formula is C13H8Cl2F3NO2. The summed E-state index contributed by atoms with van der Waals surface area (Å²) in [7, 11) is 0. The van der Waals surface area contributed by atoms with Crippen LogP contribution in [0.5, 0.6) is 5.75 Å². The number of halogens is 5. The average molecular weight is 338 g/mol. The van der Waals surface area contributed by atoms with Crippen LogP contribution < -0.4 is 4.74 Å². The molecule has 0 aliphatic rings. The first-order chi connectivity index (χ1) is 9.81. The topological polar surface area (TPSA) is 42.4 Å². The lowest BCUT2D eigenvalue weighted by Crippen LogP contribution is -2.17. The maximum absolute atomic E-state index is 12.2. The number of rotatable bonds is 3. The van der Waals surface area contributed by atoms with Crippen LogP contribution in [0.3, 0.4) is 0 Å². The Morgan fingerprint density at radius 2 is 1.95 bits per heavy atom. The molecule has 0 amide bonds. The predicted molar refractivity (Wildman–Crippen MR) is 72.3 cm³/mol. The number of alkyl halides is 3. The van der Waals surface area contributed by atoms with Gasteiger partial charge in [0.05, 0.1) is 22.3 Å². The van der Waals surface area contributed by atoms with Gasteiger partial charge in [-0.15, -0.1) is 13.2 Å². The molecule has 2 rings (SSSR count). The van der Waals surface area contributed by atoms with Crippen molar-refractivity contribution in [2.75, 3.05) is 0 Å². The molecule has 0 radical (unpaired) electrons. The standard InChI is InChI=1S/C13H8Cl2F3NO2/c14-10-5-19-12(11(15)9(10)6-20)7-2-1-3-8(4-7)21-13(16,17)18/h1-5,20H,6H2. The van der Waals surface area contributed by atoms with Crippen LogP contribution in [0.1, 0.15) is 5.56 Å². The van der Waals surface area contributed by atoms with Crippen LogP contribution in [-0.2, 0) is 6.61 Å². The van der Waals surface area contributed by atoms with Gasteiger partial charge in [0.25, 0.3) is 0 Å². The van der Waals surface area contributed by atoms with Gasteiger partial charge in [-0.1, -0.05) is 35.3 Å². The number of nitrogens with zero attached hydrogens (tertiary/aromatic N) is 1. The molecule has 8 heteroatoms. The van der Waals surface area contributed by atoms with E-state index in [0.717, 1.165) is 12.1 Å². The summed E-state index contributed by atoms with van der Waals surface area (Å²) in [4.78, 5) is 3.98. The van der Waals surface area contributed by atoms with Crippen LogP contribution in [0.4, 0.5) is 13.2 Å². The molecule has 0 aliphatic carbocycles. The third kappa shape index (κ3) is 3.78. The fourth-order valence-corrected chi connectivity index (χ4v) is 2.26. The van der Waals surface area contributed by atoms with Crippen molar-refractivity contribution < 1.29 is 23.0 Å². The number of aromatic nitrogens is 1. The Hall–Kier alpha value is -1.50. The van der Waals surface area contributed by atoms with Gasteiger partial charge >= 0.3 is 6.36 Å². The first-order valence-electron chi connectivity index (χ1n) is 5.61. The molecule has 1 aromatic heterocycles. The molecule has 0 fully saturated rings. The highest BCUT2D eigenvalue weighted by atomic mass is 35.5. The van der Waals surface area contributed by atoms with Crippen molar-refractivity contribution in [1.82, 2.24) is 4.98 Å². The van der Waals surface area contributed by atoms with Gasteiger partial charge < -0.3 is 9.84 Å². The van der Waals surface area contributed by atoms with Crippen LogP contribution in [0.2, 0.25) is 10.0 Å². The summed E-state index contributed by atoms with van der Waals surface area (Å²) in [6.07, 6.45) is -3.52. The maximum atomic E-state index is 12.2. The molecule has 1 aromatic carbocycles. The van der Waals surface area contributed by atoms with E-state index in [1.165, 1.54) is 18.3 Å². The van der Waals surface area contributed by atoms with Crippen LogP contribution in [0.15, 0.2) is 30.5 Å². The molecule has 0 bridgehead atoms. The minimum Gasteiger partial charge on any atom is -0.406 e. The quantitative estimate of drug-likeness (QED) is 0.899. The third-order valence-corrected chi connectivity index (χ3v) is 3.30. The highest BCUT2D eigenvalue weighted by Gasteiger charge is 2.31. The van der Waals surface area contributed by atoms with E-state index >= 15 is 0 Å². The summed E-state index contributed by atoms with van der Waals surface area (Å²) in [5, 5.41) is 9.46. The lowest BCUT2D eigenvalue weighted by Gasteiger charge is -2.12. The molecule has 112 valence electrons. The fourth-order valence-electron chi connectivity index (χ4n) is 1.69. The molecule has 2 aromatic rings. The van der Waals surface area contributed by atoms with Gasteiger partial charge in [-0.05, 0) is 12.1 Å². The minimum absolute atomic E-state index is 0.0779. The SMILES string of the molecule is OCc1c(Cl)cnc(-c2cccc(OC(F)(F)F)c2)c1Cl. The molecule has 1 N–H and O–H groups in total. The van der Waals surface area contributed by atoms with Gasteiger partial charge in [0.2, 0.25) is 0 Å². The van der Waals surface area contributed by atoms with Gasteiger partial charge in [-0.2, -0.15) is 0 Å². The number of hydrogen-bond acceptors (Lipinski definition) is 3. The zero-order valence-electron chi connectivity index (χ0n) is 10.3. The van der Waals surface area contributed by atoms with Crippen molar-refractivity contribution in [2.24, 2.45) is 0 Å². The summed E-state index contributed by atoms with van der Waals surface area (Å²) < 4.78 is 40.5. The van der Waals surface area contributed by atoms with Gasteiger partial charge in [-0.3, -0.25) is 4.98 Å². The number of benzene rings is 1. The van der Waals surface area contributed by atoms with Gasteiger partial charge in [0.15, 0.2) is 0 Å². The van der Waals surface area contributed by atoms with Crippen LogP contribution >= 0.6 is 23.2 Å². The largest absolute Gasteiger partial charge is 0.573 e. The minimum atomic E-state index is -4.79. The van der Waals surface area contributed by atoms with Crippen molar-refractivity contribution >= 4 is 23.2 Å². The van der Waals surface area contributed by atoms with E-state index in [-0.39, 0.29) is 21.3 Å². The van der Waals surface area contributed by atoms with E-state index in [1.54, 1.807) is 0 Å². The Morgan fingerprint density at radius 1 is 1.24 bits per heavy atom. The highest BCUT2D eigenvalue weighted by Crippen LogP contribution is 2.34. The molecular weight excluding hydrogens is 330 g/mol. The lowest BCUT2D eigenvalue weighted by atomic mass is 10.1. The Labute approximate surface area is 127 Å². The van der Waals surface area contributed by atoms with Crippen molar-refractivity contribution in [1.29, 1.82) is 0 Å². The smallest absolute Gasteiger partial charge is 0.406 e. The summed E-state index contributed by atoms with van der Waals surface area (Å²) >= 11 is 11.9. The number of pyridine rings is 1. The molecule has 0 atom stereocenters. The second kappa shape index (κ2) is 6.09. The van der Waals surface area contributed by atoms with Crippen molar-refractivity contribution in [2.45, 2.75) is 13.0 Å². The number of aliphatic hydroxyl groups is 1. The van der Waals surface area contributed by atoms with Gasteiger partial charge in [-0.25, -0.2) is 0 Å². The Balaban J connectivity index is 2.46. The molecule has 0 unspecified atom stereocenters. The van der Waals surface area contributed by atoms with Crippen molar-refractivity contribution in [3.8, 4) is 17.0 Å². The fraction of sp³-hybridized carbons (Fsp3) is 0.154. The van der Waals surface area contributed by atoms with Gasteiger partial charge in [0.1, 0.15) is 5.75 Å². The molecule has 0 aliphatic heterocycles. The molecule has 0 spiro atoms. The van der Waals surface area contributed by atoms with E-state index < -0.39 is 18.7 Å². The Kier molecular flexibility index (Phi) is 4.61. The van der Waals surface area contributed by atoms with Crippen LogP contribution in [0.25, 0.3) is 11.3 Å². The van der Waals surface area contributed by atoms with Crippen molar-refractivity contribution in [3.05, 3.63) is 46.1 Å². The molecule has 0 saturated carbocycles. The van der Waals surface area contributed by atoms with E-state index in [0.29, 0.717) is 5.56 Å². The van der Waals surface area contributed by atoms with Crippen LogP contribution in [0, 0.1) is 0 Å². The zero-order chi connectivity index (χ0) is 15.6. The summed E-state index contributed by atoms with van der Waals surface area (Å²) in [5.41, 5.74) is 0.774. The van der Waals surface area contributed by atoms with Crippen LogP contribution in [-0.4, -0.2) is 16.5 Å². The molecule has 21 heavy (non-hydrogen) atoms. The zero-order valence-corrected chi connectivity index (χ0v) is 11.8. The number of aliphatic hydroxyl groups excluding tert-OH is 1. The Morgan fingerprint density at radius 3 is 2.57 bits per heavy atom. The maximum Gasteiger partial charge on any atom is 0.573 e. The summed E-state index contributed by atoms with van der Waals surface area (Å²) in [6.45, 7) is -0.411.